The van der Waals surface area contributed by atoms with Gasteiger partial charge in [0.2, 0.25) is 0 Å². The quantitative estimate of drug-likeness (QED) is 0.654. The largest absolute Gasteiger partial charge is 0.369 e. The molecule has 0 atom stereocenters. The number of aromatic nitrogens is 5. The molecule has 0 saturated carbocycles. The van der Waals surface area contributed by atoms with Crippen LogP contribution >= 0.6 is 11.3 Å². The van der Waals surface area contributed by atoms with Gasteiger partial charge in [0.15, 0.2) is 0 Å². The number of unbranched alkanes of at least 4 members (excludes halogenated alkanes) is 3. The molecule has 0 bridgehead atoms. The Kier molecular flexibility index (Phi) is 4.80. The van der Waals surface area contributed by atoms with Gasteiger partial charge in [0.1, 0.15) is 10.6 Å². The Morgan fingerprint density at radius 1 is 1.20 bits per heavy atom. The van der Waals surface area contributed by atoms with Gasteiger partial charge in [-0.25, -0.2) is 0 Å². The van der Waals surface area contributed by atoms with E-state index in [4.69, 9.17) is 4.98 Å². The van der Waals surface area contributed by atoms with E-state index in [1.807, 2.05) is 11.3 Å². The Hall–Kier alpha value is -1.80. The van der Waals surface area contributed by atoms with Crippen LogP contribution in [0.25, 0.3) is 16.0 Å². The molecule has 4 rings (SSSR count). The summed E-state index contributed by atoms with van der Waals surface area (Å²) in [6.07, 6.45) is 6.05. The van der Waals surface area contributed by atoms with E-state index >= 15 is 0 Å². The molecule has 25 heavy (non-hydrogen) atoms. The lowest BCUT2D eigenvalue weighted by Gasteiger charge is -2.25. The number of thiophene rings is 1. The van der Waals surface area contributed by atoms with E-state index in [1.54, 1.807) is 4.52 Å². The van der Waals surface area contributed by atoms with E-state index in [-0.39, 0.29) is 0 Å². The normalized spacial score (nSPS) is 15.1. The second-order valence-corrected chi connectivity index (χ2v) is 7.72. The highest BCUT2D eigenvalue weighted by Crippen LogP contribution is 2.38. The molecule has 0 radical (unpaired) electrons. The molecule has 0 unspecified atom stereocenters. The molecule has 1 aliphatic heterocycles. The first-order chi connectivity index (χ1) is 12.3. The summed E-state index contributed by atoms with van der Waals surface area (Å²) in [5.41, 5.74) is 1.44. The van der Waals surface area contributed by atoms with Crippen LogP contribution in [0.2, 0.25) is 0 Å². The first kappa shape index (κ1) is 16.7. The molecule has 4 heterocycles. The molecule has 1 aliphatic rings. The lowest BCUT2D eigenvalue weighted by atomic mass is 10.0. The van der Waals surface area contributed by atoms with Gasteiger partial charge in [-0.05, 0) is 35.4 Å². The molecular formula is C17H25N7S. The maximum Gasteiger partial charge on any atom is 0.276 e. The standard InChI is InChI=1S/C17H25N7S/c1-3-5-6-7-9-18-15-14-12-8-10-23(4-2)11-13(12)25-16(14)24-17(19-15)20-21-22-24/h3-11H2,1-2H3,(H,18,19,20,22). The molecule has 3 aromatic heterocycles. The van der Waals surface area contributed by atoms with Crippen LogP contribution < -0.4 is 5.32 Å². The highest BCUT2D eigenvalue weighted by molar-refractivity contribution is 7.19. The van der Waals surface area contributed by atoms with Crippen LogP contribution in [0.15, 0.2) is 0 Å². The SMILES string of the molecule is CCCCCCNc1nc2nnnn2c2sc3c(c12)CCN(CC)C3. The molecule has 0 amide bonds. The predicted molar refractivity (Wildman–Crippen MR) is 101 cm³/mol. The summed E-state index contributed by atoms with van der Waals surface area (Å²) in [7, 11) is 0. The summed E-state index contributed by atoms with van der Waals surface area (Å²) in [6, 6.07) is 0. The number of likely N-dealkylation sites (N-methyl/N-ethyl adjacent to an activating group) is 1. The van der Waals surface area contributed by atoms with Crippen molar-refractivity contribution in [3.05, 3.63) is 10.4 Å². The number of hydrogen-bond acceptors (Lipinski definition) is 7. The van der Waals surface area contributed by atoms with Gasteiger partial charge < -0.3 is 5.32 Å². The van der Waals surface area contributed by atoms with E-state index in [0.29, 0.717) is 5.78 Å². The first-order valence-electron chi connectivity index (χ1n) is 9.30. The van der Waals surface area contributed by atoms with Crippen molar-refractivity contribution in [1.82, 2.24) is 29.9 Å². The summed E-state index contributed by atoms with van der Waals surface area (Å²) >= 11 is 1.81. The fourth-order valence-electron chi connectivity index (χ4n) is 3.53. The minimum atomic E-state index is 0.578. The van der Waals surface area contributed by atoms with Gasteiger partial charge in [-0.1, -0.05) is 38.2 Å². The number of hydrogen-bond donors (Lipinski definition) is 1. The molecule has 3 aromatic rings. The van der Waals surface area contributed by atoms with Crippen molar-refractivity contribution in [3.8, 4) is 0 Å². The maximum absolute atomic E-state index is 4.71. The van der Waals surface area contributed by atoms with E-state index in [2.05, 4.69) is 39.6 Å². The Morgan fingerprint density at radius 2 is 2.12 bits per heavy atom. The van der Waals surface area contributed by atoms with Gasteiger partial charge in [-0.15, -0.1) is 11.3 Å². The zero-order valence-corrected chi connectivity index (χ0v) is 15.8. The first-order valence-corrected chi connectivity index (χ1v) is 10.1. The van der Waals surface area contributed by atoms with Gasteiger partial charge in [-0.2, -0.15) is 9.50 Å². The molecule has 7 nitrogen and oxygen atoms in total. The number of tetrazole rings is 1. The van der Waals surface area contributed by atoms with Gasteiger partial charge in [-0.3, -0.25) is 4.90 Å². The second kappa shape index (κ2) is 7.21. The van der Waals surface area contributed by atoms with Crippen LogP contribution in [0.1, 0.15) is 50.0 Å². The number of anilines is 1. The second-order valence-electron chi connectivity index (χ2n) is 6.64. The highest BCUT2D eigenvalue weighted by Gasteiger charge is 2.24. The monoisotopic (exact) mass is 359 g/mol. The van der Waals surface area contributed by atoms with Crippen molar-refractivity contribution >= 4 is 33.1 Å². The van der Waals surface area contributed by atoms with Crippen molar-refractivity contribution in [2.45, 2.75) is 52.5 Å². The Labute approximate surface area is 151 Å². The summed E-state index contributed by atoms with van der Waals surface area (Å²) in [4.78, 5) is 9.75. The number of rotatable bonds is 7. The van der Waals surface area contributed by atoms with Crippen molar-refractivity contribution in [3.63, 3.8) is 0 Å². The fourth-order valence-corrected chi connectivity index (χ4v) is 4.87. The molecule has 0 aromatic carbocycles. The summed E-state index contributed by atoms with van der Waals surface area (Å²) in [6.45, 7) is 8.63. The third-order valence-corrected chi connectivity index (χ3v) is 6.17. The number of fused-ring (bicyclic) bond motifs is 5. The molecule has 134 valence electrons. The van der Waals surface area contributed by atoms with E-state index < -0.39 is 0 Å². The van der Waals surface area contributed by atoms with Crippen molar-refractivity contribution < 1.29 is 0 Å². The topological polar surface area (TPSA) is 71.2 Å². The molecule has 0 aliphatic carbocycles. The molecule has 8 heteroatoms. The zero-order valence-electron chi connectivity index (χ0n) is 15.0. The average Bonchev–Trinajstić information content (AvgIpc) is 3.24. The predicted octanol–water partition coefficient (Wildman–Crippen LogP) is 3.10. The molecule has 0 fully saturated rings. The molecular weight excluding hydrogens is 334 g/mol. The van der Waals surface area contributed by atoms with Crippen LogP contribution in [-0.2, 0) is 13.0 Å². The van der Waals surface area contributed by atoms with Gasteiger partial charge in [0.05, 0.1) is 5.39 Å². The van der Waals surface area contributed by atoms with Gasteiger partial charge in [0, 0.05) is 24.5 Å². The molecule has 0 spiro atoms. The summed E-state index contributed by atoms with van der Waals surface area (Å²) in [5.74, 6) is 1.53. The van der Waals surface area contributed by atoms with Crippen molar-refractivity contribution in [2.24, 2.45) is 0 Å². The third-order valence-electron chi connectivity index (χ3n) is 4.98. The zero-order chi connectivity index (χ0) is 17.2. The Bertz CT molecular complexity index is 869. The lowest BCUT2D eigenvalue weighted by molar-refractivity contribution is 0.272. The van der Waals surface area contributed by atoms with Crippen molar-refractivity contribution in [1.29, 1.82) is 0 Å². The smallest absolute Gasteiger partial charge is 0.276 e. The highest BCUT2D eigenvalue weighted by atomic mass is 32.1. The van der Waals surface area contributed by atoms with Crippen LogP contribution in [0, 0.1) is 0 Å². The van der Waals surface area contributed by atoms with E-state index in [0.717, 1.165) is 43.2 Å². The van der Waals surface area contributed by atoms with Crippen LogP contribution in [-0.4, -0.2) is 49.6 Å². The summed E-state index contributed by atoms with van der Waals surface area (Å²) < 4.78 is 1.79. The Balaban J connectivity index is 1.71. The van der Waals surface area contributed by atoms with Crippen LogP contribution in [0.3, 0.4) is 0 Å². The molecule has 0 saturated heterocycles. The van der Waals surface area contributed by atoms with Gasteiger partial charge >= 0.3 is 0 Å². The summed E-state index contributed by atoms with van der Waals surface area (Å²) in [5, 5.41) is 16.8. The van der Waals surface area contributed by atoms with Crippen LogP contribution in [0.4, 0.5) is 5.82 Å². The minimum absolute atomic E-state index is 0.578. The lowest BCUT2D eigenvalue weighted by Crippen LogP contribution is -2.29. The number of nitrogens with zero attached hydrogens (tertiary/aromatic N) is 6. The van der Waals surface area contributed by atoms with E-state index in [1.165, 1.54) is 41.5 Å². The third kappa shape index (κ3) is 3.08. The Morgan fingerprint density at radius 3 is 2.96 bits per heavy atom. The number of nitrogens with one attached hydrogen (secondary N) is 1. The minimum Gasteiger partial charge on any atom is -0.369 e. The van der Waals surface area contributed by atoms with Crippen molar-refractivity contribution in [2.75, 3.05) is 25.0 Å². The van der Waals surface area contributed by atoms with E-state index in [9.17, 15) is 0 Å². The molecule has 1 N–H and O–H groups in total. The maximum atomic E-state index is 4.71. The average molecular weight is 360 g/mol. The fraction of sp³-hybridized carbons (Fsp3) is 0.647. The van der Waals surface area contributed by atoms with Crippen LogP contribution in [0.5, 0.6) is 0 Å². The van der Waals surface area contributed by atoms with Gasteiger partial charge in [0.25, 0.3) is 5.78 Å².